The molecule has 1 aliphatic heterocycles. The fraction of sp³-hybridized carbons (Fsp3) is 0.393. The number of carbonyl (C=O) groups excluding carboxylic acids is 2. The van der Waals surface area contributed by atoms with Gasteiger partial charge in [0, 0.05) is 28.7 Å². The Bertz CT molecular complexity index is 1350. The van der Waals surface area contributed by atoms with E-state index in [-0.39, 0.29) is 35.7 Å². The number of nitrogens with zero attached hydrogens (tertiary/aromatic N) is 3. The van der Waals surface area contributed by atoms with E-state index >= 15 is 4.39 Å². The number of hydrogen-bond donors (Lipinski definition) is 1. The highest BCUT2D eigenvalue weighted by Gasteiger charge is 2.40. The molecule has 0 unspecified atom stereocenters. The Morgan fingerprint density at radius 3 is 2.45 bits per heavy atom. The predicted octanol–water partition coefficient (Wildman–Crippen LogP) is 5.15. The zero-order valence-corrected chi connectivity index (χ0v) is 23.2. The van der Waals surface area contributed by atoms with E-state index in [2.05, 4.69) is 5.32 Å². The fourth-order valence-electron chi connectivity index (χ4n) is 4.45. The lowest BCUT2D eigenvalue weighted by Crippen LogP contribution is -2.44. The number of fused-ring (bicyclic) bond motifs is 1. The van der Waals surface area contributed by atoms with E-state index in [1.807, 2.05) is 34.6 Å². The molecule has 7 nitrogen and oxygen atoms in total. The van der Waals surface area contributed by atoms with Gasteiger partial charge in [0.25, 0.3) is 0 Å². The number of carbonyl (C=O) groups is 2. The van der Waals surface area contributed by atoms with Crippen molar-refractivity contribution in [3.8, 4) is 11.4 Å². The number of benzene rings is 2. The second-order valence-electron chi connectivity index (χ2n) is 10.5. The highest BCUT2D eigenvalue weighted by molar-refractivity contribution is 8.00. The maximum atomic E-state index is 15.2. The molecule has 1 aromatic heterocycles. The van der Waals surface area contributed by atoms with Gasteiger partial charge in [-0.1, -0.05) is 26.8 Å². The monoisotopic (exact) mass is 542 g/mol. The molecule has 0 spiro atoms. The summed E-state index contributed by atoms with van der Waals surface area (Å²) in [5, 5.41) is 7.13. The molecular formula is C28H32F2N4O3S. The van der Waals surface area contributed by atoms with Crippen LogP contribution in [0.4, 0.5) is 14.6 Å². The Labute approximate surface area is 225 Å². The van der Waals surface area contributed by atoms with E-state index in [0.29, 0.717) is 28.5 Å². The Kier molecular flexibility index (Phi) is 7.83. The molecule has 1 atom stereocenters. The lowest BCUT2D eigenvalue weighted by molar-refractivity contribution is -0.123. The standard InChI is InChI=1S/C28H32F2N4O3S/c1-16(2)31-22(35)14-33-23(36)15-38-25(20-12-7-17(29)13-21(20)30)24-26(28(3,4)5)32-34(27(24)33)18-8-10-19(37-6)11-9-18/h7-13,16,25H,14-15H2,1-6H3,(H,31,35)/t25-/m0/s1. The zero-order valence-electron chi connectivity index (χ0n) is 22.3. The molecule has 10 heteroatoms. The van der Waals surface area contributed by atoms with Gasteiger partial charge in [0.2, 0.25) is 11.8 Å². The second kappa shape index (κ2) is 10.8. The van der Waals surface area contributed by atoms with Gasteiger partial charge >= 0.3 is 0 Å². The van der Waals surface area contributed by atoms with E-state index < -0.39 is 22.3 Å². The highest BCUT2D eigenvalue weighted by atomic mass is 32.2. The number of methoxy groups -OCH3 is 1. The molecular weight excluding hydrogens is 510 g/mol. The lowest BCUT2D eigenvalue weighted by Gasteiger charge is -2.25. The van der Waals surface area contributed by atoms with Crippen LogP contribution >= 0.6 is 11.8 Å². The van der Waals surface area contributed by atoms with Crippen LogP contribution in [0.2, 0.25) is 0 Å². The van der Waals surface area contributed by atoms with Gasteiger partial charge in [-0.25, -0.2) is 13.5 Å². The molecule has 0 radical (unpaired) electrons. The van der Waals surface area contributed by atoms with Gasteiger partial charge in [0.05, 0.1) is 29.5 Å². The third-order valence-corrected chi connectivity index (χ3v) is 7.35. The molecule has 1 N–H and O–H groups in total. The van der Waals surface area contributed by atoms with Crippen LogP contribution in [-0.2, 0) is 15.0 Å². The molecule has 0 aliphatic carbocycles. The SMILES string of the molecule is COc1ccc(-n2nc(C(C)(C)C)c3c2N(CC(=O)NC(C)C)C(=O)CS[C@H]3c2ccc(F)cc2F)cc1. The van der Waals surface area contributed by atoms with Gasteiger partial charge in [0.1, 0.15) is 29.7 Å². The van der Waals surface area contributed by atoms with Gasteiger partial charge in [0.15, 0.2) is 0 Å². The molecule has 38 heavy (non-hydrogen) atoms. The van der Waals surface area contributed by atoms with Crippen molar-refractivity contribution in [3.63, 3.8) is 0 Å². The molecule has 202 valence electrons. The molecule has 2 aromatic carbocycles. The third kappa shape index (κ3) is 5.55. The predicted molar refractivity (Wildman–Crippen MR) is 145 cm³/mol. The van der Waals surface area contributed by atoms with Gasteiger partial charge < -0.3 is 10.1 Å². The van der Waals surface area contributed by atoms with Crippen molar-refractivity contribution in [1.29, 1.82) is 0 Å². The number of rotatable bonds is 6. The minimum absolute atomic E-state index is 0.00266. The van der Waals surface area contributed by atoms with Crippen molar-refractivity contribution in [1.82, 2.24) is 15.1 Å². The first-order valence-electron chi connectivity index (χ1n) is 12.3. The van der Waals surface area contributed by atoms with Crippen molar-refractivity contribution < 1.29 is 23.1 Å². The second-order valence-corrected chi connectivity index (χ2v) is 11.6. The summed E-state index contributed by atoms with van der Waals surface area (Å²) in [7, 11) is 1.57. The quantitative estimate of drug-likeness (QED) is 0.466. The van der Waals surface area contributed by atoms with Crippen molar-refractivity contribution in [2.75, 3.05) is 24.3 Å². The van der Waals surface area contributed by atoms with Crippen molar-refractivity contribution in [3.05, 3.63) is 70.9 Å². The molecule has 0 saturated carbocycles. The summed E-state index contributed by atoms with van der Waals surface area (Å²) >= 11 is 1.24. The molecule has 0 bridgehead atoms. The smallest absolute Gasteiger partial charge is 0.240 e. The summed E-state index contributed by atoms with van der Waals surface area (Å²) in [6, 6.07) is 10.5. The number of nitrogens with one attached hydrogen (secondary N) is 1. The summed E-state index contributed by atoms with van der Waals surface area (Å²) in [5.74, 6) is -0.984. The van der Waals surface area contributed by atoms with Crippen LogP contribution in [0.15, 0.2) is 42.5 Å². The van der Waals surface area contributed by atoms with Gasteiger partial charge in [-0.15, -0.1) is 11.8 Å². The molecule has 1 aliphatic rings. The maximum absolute atomic E-state index is 15.2. The van der Waals surface area contributed by atoms with Gasteiger partial charge in [-0.05, 0) is 44.2 Å². The third-order valence-electron chi connectivity index (χ3n) is 6.11. The summed E-state index contributed by atoms with van der Waals surface area (Å²) in [6.45, 7) is 9.42. The Morgan fingerprint density at radius 1 is 1.18 bits per heavy atom. The van der Waals surface area contributed by atoms with Crippen molar-refractivity contribution >= 4 is 29.4 Å². The molecule has 2 heterocycles. The average Bonchev–Trinajstić information content (AvgIpc) is 3.18. The van der Waals surface area contributed by atoms with E-state index in [4.69, 9.17) is 9.84 Å². The number of thioether (sulfide) groups is 1. The van der Waals surface area contributed by atoms with E-state index in [0.717, 1.165) is 6.07 Å². The average molecular weight is 543 g/mol. The Morgan fingerprint density at radius 2 is 1.87 bits per heavy atom. The number of amides is 2. The summed E-state index contributed by atoms with van der Waals surface area (Å²) in [4.78, 5) is 27.9. The number of aromatic nitrogens is 2. The molecule has 3 aromatic rings. The highest BCUT2D eigenvalue weighted by Crippen LogP contribution is 2.49. The van der Waals surface area contributed by atoms with E-state index in [1.54, 1.807) is 36.1 Å². The maximum Gasteiger partial charge on any atom is 0.240 e. The molecule has 4 rings (SSSR count). The van der Waals surface area contributed by atoms with Crippen molar-refractivity contribution in [2.24, 2.45) is 0 Å². The first-order valence-corrected chi connectivity index (χ1v) is 13.4. The van der Waals surface area contributed by atoms with E-state index in [1.165, 1.54) is 28.8 Å². The summed E-state index contributed by atoms with van der Waals surface area (Å²) in [6.07, 6.45) is 0. The minimum Gasteiger partial charge on any atom is -0.497 e. The van der Waals surface area contributed by atoms with Crippen molar-refractivity contribution in [2.45, 2.75) is 51.3 Å². The minimum atomic E-state index is -0.705. The lowest BCUT2D eigenvalue weighted by atomic mass is 9.87. The van der Waals surface area contributed by atoms with Crippen LogP contribution in [0.3, 0.4) is 0 Å². The first kappa shape index (κ1) is 27.6. The fourth-order valence-corrected chi connectivity index (χ4v) is 5.67. The number of halogens is 2. The van der Waals surface area contributed by atoms with Gasteiger partial charge in [-0.2, -0.15) is 5.10 Å². The van der Waals surface area contributed by atoms with Crippen LogP contribution in [0.5, 0.6) is 5.75 Å². The zero-order chi connectivity index (χ0) is 27.8. The summed E-state index contributed by atoms with van der Waals surface area (Å²) in [5.41, 5.74) is 1.65. The molecule has 0 fully saturated rings. The van der Waals surface area contributed by atoms with Crippen LogP contribution < -0.4 is 15.0 Å². The van der Waals surface area contributed by atoms with Crippen LogP contribution in [0.1, 0.15) is 56.7 Å². The largest absolute Gasteiger partial charge is 0.497 e. The number of hydrogen-bond acceptors (Lipinski definition) is 5. The summed E-state index contributed by atoms with van der Waals surface area (Å²) < 4.78 is 36.0. The normalized spacial score (nSPS) is 15.9. The van der Waals surface area contributed by atoms with E-state index in [9.17, 15) is 14.0 Å². The Hall–Kier alpha value is -3.40. The van der Waals surface area contributed by atoms with Crippen LogP contribution in [0, 0.1) is 11.6 Å². The molecule has 2 amide bonds. The Balaban J connectivity index is 2.02. The topological polar surface area (TPSA) is 76.5 Å². The first-order chi connectivity index (χ1) is 17.9. The van der Waals surface area contributed by atoms with Crippen LogP contribution in [0.25, 0.3) is 5.69 Å². The van der Waals surface area contributed by atoms with Crippen LogP contribution in [-0.4, -0.2) is 47.0 Å². The number of ether oxygens (including phenoxy) is 1. The number of anilines is 1. The van der Waals surface area contributed by atoms with Gasteiger partial charge in [-0.3, -0.25) is 14.5 Å². The molecule has 0 saturated heterocycles.